The molecular formula is C20H16FN3O4S. The lowest BCUT2D eigenvalue weighted by Gasteiger charge is -2.13. The van der Waals surface area contributed by atoms with Crippen molar-refractivity contribution >= 4 is 34.8 Å². The van der Waals surface area contributed by atoms with Crippen LogP contribution >= 0.6 is 11.3 Å². The van der Waals surface area contributed by atoms with E-state index in [0.29, 0.717) is 21.8 Å². The van der Waals surface area contributed by atoms with Crippen LogP contribution in [0.3, 0.4) is 0 Å². The van der Waals surface area contributed by atoms with Crippen LogP contribution in [-0.2, 0) is 9.53 Å². The van der Waals surface area contributed by atoms with E-state index in [1.807, 2.05) is 0 Å². The number of anilines is 1. The molecule has 9 heteroatoms. The molecule has 29 heavy (non-hydrogen) atoms. The van der Waals surface area contributed by atoms with E-state index in [9.17, 15) is 18.8 Å². The fourth-order valence-electron chi connectivity index (χ4n) is 2.33. The van der Waals surface area contributed by atoms with Gasteiger partial charge in [0.05, 0.1) is 0 Å². The van der Waals surface area contributed by atoms with Crippen LogP contribution in [0.1, 0.15) is 27.8 Å². The molecule has 0 spiro atoms. The van der Waals surface area contributed by atoms with Crippen LogP contribution in [-0.4, -0.2) is 28.9 Å². The normalized spacial score (nSPS) is 11.5. The summed E-state index contributed by atoms with van der Waals surface area (Å²) < 4.78 is 18.2. The lowest BCUT2D eigenvalue weighted by molar-refractivity contribution is -0.123. The Morgan fingerprint density at radius 3 is 2.38 bits per heavy atom. The van der Waals surface area contributed by atoms with E-state index in [4.69, 9.17) is 10.5 Å². The van der Waals surface area contributed by atoms with Gasteiger partial charge in [0.2, 0.25) is 5.91 Å². The smallest absolute Gasteiger partial charge is 0.358 e. The van der Waals surface area contributed by atoms with E-state index in [2.05, 4.69) is 10.3 Å². The first-order chi connectivity index (χ1) is 13.8. The highest BCUT2D eigenvalue weighted by atomic mass is 32.1. The highest BCUT2D eigenvalue weighted by Gasteiger charge is 2.21. The van der Waals surface area contributed by atoms with Gasteiger partial charge in [-0.1, -0.05) is 0 Å². The average Bonchev–Trinajstić information content (AvgIpc) is 3.19. The maximum absolute atomic E-state index is 13.0. The zero-order valence-electron chi connectivity index (χ0n) is 15.2. The van der Waals surface area contributed by atoms with Crippen molar-refractivity contribution in [3.05, 3.63) is 71.0 Å². The molecule has 148 valence electrons. The number of ether oxygens (including phenoxy) is 1. The first kappa shape index (κ1) is 20.2. The highest BCUT2D eigenvalue weighted by Crippen LogP contribution is 2.24. The van der Waals surface area contributed by atoms with Gasteiger partial charge in [0.25, 0.3) is 5.91 Å². The predicted molar refractivity (Wildman–Crippen MR) is 106 cm³/mol. The van der Waals surface area contributed by atoms with Gasteiger partial charge in [0.15, 0.2) is 11.8 Å². The molecule has 0 aliphatic heterocycles. The zero-order valence-corrected chi connectivity index (χ0v) is 16.0. The van der Waals surface area contributed by atoms with Crippen LogP contribution in [0.2, 0.25) is 0 Å². The molecule has 0 unspecified atom stereocenters. The third-order valence-corrected chi connectivity index (χ3v) is 4.79. The number of rotatable bonds is 6. The maximum Gasteiger partial charge on any atom is 0.358 e. The van der Waals surface area contributed by atoms with Crippen molar-refractivity contribution in [3.8, 4) is 10.6 Å². The van der Waals surface area contributed by atoms with Gasteiger partial charge in [0, 0.05) is 22.2 Å². The Hall–Kier alpha value is -3.59. The van der Waals surface area contributed by atoms with Gasteiger partial charge in [-0.05, 0) is 55.5 Å². The van der Waals surface area contributed by atoms with Crippen LogP contribution in [0.25, 0.3) is 10.6 Å². The van der Waals surface area contributed by atoms with Crippen LogP contribution in [0, 0.1) is 5.82 Å². The van der Waals surface area contributed by atoms with Crippen molar-refractivity contribution in [2.24, 2.45) is 5.73 Å². The molecule has 2 amide bonds. The summed E-state index contributed by atoms with van der Waals surface area (Å²) in [5.41, 5.74) is 6.62. The molecule has 2 aromatic carbocycles. The van der Waals surface area contributed by atoms with Crippen molar-refractivity contribution in [2.45, 2.75) is 13.0 Å². The number of primary amides is 1. The molecule has 1 aromatic heterocycles. The number of hydrogen-bond acceptors (Lipinski definition) is 6. The number of aromatic nitrogens is 1. The molecule has 1 atom stereocenters. The Kier molecular flexibility index (Phi) is 5.99. The van der Waals surface area contributed by atoms with Crippen LogP contribution in [0.15, 0.2) is 53.9 Å². The summed E-state index contributed by atoms with van der Waals surface area (Å²) in [5.74, 6) is -2.23. The topological polar surface area (TPSA) is 111 Å². The lowest BCUT2D eigenvalue weighted by atomic mass is 10.2. The Labute approximate surface area is 169 Å². The predicted octanol–water partition coefficient (Wildman–Crippen LogP) is 3.23. The molecule has 3 rings (SSSR count). The number of nitrogens with zero attached hydrogens (tertiary/aromatic N) is 1. The van der Waals surface area contributed by atoms with Crippen LogP contribution in [0.5, 0.6) is 0 Å². The second-order valence-electron chi connectivity index (χ2n) is 6.02. The summed E-state index contributed by atoms with van der Waals surface area (Å²) in [4.78, 5) is 39.7. The largest absolute Gasteiger partial charge is 0.448 e. The number of carbonyl (C=O) groups excluding carboxylic acids is 3. The van der Waals surface area contributed by atoms with E-state index in [1.54, 1.807) is 12.1 Å². The van der Waals surface area contributed by atoms with Gasteiger partial charge in [0.1, 0.15) is 10.8 Å². The Morgan fingerprint density at radius 1 is 1.10 bits per heavy atom. The van der Waals surface area contributed by atoms with Crippen LogP contribution in [0.4, 0.5) is 10.1 Å². The summed E-state index contributed by atoms with van der Waals surface area (Å²) in [5, 5.41) is 4.62. The van der Waals surface area contributed by atoms with E-state index in [-0.39, 0.29) is 11.5 Å². The molecule has 0 aliphatic carbocycles. The SMILES string of the molecule is C[C@H](OC(=O)c1csc(-c2ccc(F)cc2)n1)C(=O)Nc1ccc(C(N)=O)cc1. The third kappa shape index (κ3) is 5.02. The molecule has 3 aromatic rings. The molecule has 0 radical (unpaired) electrons. The fraction of sp³-hybridized carbons (Fsp3) is 0.100. The fourth-order valence-corrected chi connectivity index (χ4v) is 3.12. The Bertz CT molecular complexity index is 1050. The number of nitrogens with one attached hydrogen (secondary N) is 1. The lowest BCUT2D eigenvalue weighted by Crippen LogP contribution is -2.30. The van der Waals surface area contributed by atoms with E-state index in [0.717, 1.165) is 0 Å². The summed E-state index contributed by atoms with van der Waals surface area (Å²) >= 11 is 1.21. The minimum Gasteiger partial charge on any atom is -0.448 e. The first-order valence-electron chi connectivity index (χ1n) is 8.46. The number of hydrogen-bond donors (Lipinski definition) is 2. The molecule has 0 saturated carbocycles. The van der Waals surface area contributed by atoms with Gasteiger partial charge in [-0.15, -0.1) is 11.3 Å². The third-order valence-electron chi connectivity index (χ3n) is 3.89. The number of thiazole rings is 1. The number of benzene rings is 2. The summed E-state index contributed by atoms with van der Waals surface area (Å²) in [6, 6.07) is 11.7. The second-order valence-corrected chi connectivity index (χ2v) is 6.88. The standard InChI is InChI=1S/C20H16FN3O4S/c1-11(18(26)23-15-8-4-12(5-9-15)17(22)25)28-20(27)16-10-29-19(24-16)13-2-6-14(21)7-3-13/h2-11H,1H3,(H2,22,25)(H,23,26)/t11-/m0/s1. The van der Waals surface area contributed by atoms with E-state index < -0.39 is 23.9 Å². The highest BCUT2D eigenvalue weighted by molar-refractivity contribution is 7.13. The van der Waals surface area contributed by atoms with Crippen LogP contribution < -0.4 is 11.1 Å². The molecule has 7 nitrogen and oxygen atoms in total. The number of amides is 2. The van der Waals surface area contributed by atoms with E-state index in [1.165, 1.54) is 60.0 Å². The molecule has 0 fully saturated rings. The van der Waals surface area contributed by atoms with Crippen molar-refractivity contribution in [2.75, 3.05) is 5.32 Å². The monoisotopic (exact) mass is 413 g/mol. The van der Waals surface area contributed by atoms with Gasteiger partial charge in [-0.3, -0.25) is 9.59 Å². The molecule has 0 aliphatic rings. The Balaban J connectivity index is 1.60. The average molecular weight is 413 g/mol. The zero-order chi connectivity index (χ0) is 21.0. The van der Waals surface area contributed by atoms with Gasteiger partial charge < -0.3 is 15.8 Å². The van der Waals surface area contributed by atoms with Crippen molar-refractivity contribution in [1.82, 2.24) is 4.98 Å². The molecule has 1 heterocycles. The number of nitrogens with two attached hydrogens (primary N) is 1. The minimum atomic E-state index is -1.07. The van der Waals surface area contributed by atoms with Gasteiger partial charge in [-0.2, -0.15) is 0 Å². The quantitative estimate of drug-likeness (QED) is 0.603. The first-order valence-corrected chi connectivity index (χ1v) is 9.34. The maximum atomic E-state index is 13.0. The Morgan fingerprint density at radius 2 is 1.76 bits per heavy atom. The molecular weight excluding hydrogens is 397 g/mol. The minimum absolute atomic E-state index is 0.0554. The second kappa shape index (κ2) is 8.61. The van der Waals surface area contributed by atoms with E-state index >= 15 is 0 Å². The molecule has 0 bridgehead atoms. The number of esters is 1. The molecule has 0 saturated heterocycles. The molecule has 3 N–H and O–H groups in total. The van der Waals surface area contributed by atoms with Gasteiger partial charge >= 0.3 is 5.97 Å². The number of carbonyl (C=O) groups is 3. The summed E-state index contributed by atoms with van der Waals surface area (Å²) in [6.45, 7) is 1.43. The summed E-state index contributed by atoms with van der Waals surface area (Å²) in [7, 11) is 0. The van der Waals surface area contributed by atoms with Crippen molar-refractivity contribution in [3.63, 3.8) is 0 Å². The number of halogens is 1. The van der Waals surface area contributed by atoms with Gasteiger partial charge in [-0.25, -0.2) is 14.2 Å². The summed E-state index contributed by atoms with van der Waals surface area (Å²) in [6.07, 6.45) is -1.07. The van der Waals surface area contributed by atoms with Crippen molar-refractivity contribution < 1.29 is 23.5 Å². The van der Waals surface area contributed by atoms with Crippen molar-refractivity contribution in [1.29, 1.82) is 0 Å².